The molecule has 0 amide bonds. The first-order valence-electron chi connectivity index (χ1n) is 6.26. The molecule has 2 fully saturated rings. The number of hydrogen-bond acceptors (Lipinski definition) is 1. The number of halogens is 2. The molecule has 0 spiro atoms. The second kappa shape index (κ2) is 4.15. The van der Waals surface area contributed by atoms with Gasteiger partial charge in [-0.1, -0.05) is 35.7 Å². The number of benzene rings is 1. The predicted molar refractivity (Wildman–Crippen MR) is 73.0 cm³/mol. The smallest absolute Gasteiger partial charge is 0.0595 e. The third kappa shape index (κ3) is 1.80. The Hall–Kier alpha value is -0.240. The summed E-state index contributed by atoms with van der Waals surface area (Å²) in [6, 6.07) is 6.20. The molecule has 0 aromatic heterocycles. The first-order chi connectivity index (χ1) is 8.12. The van der Waals surface area contributed by atoms with Crippen molar-refractivity contribution in [3.8, 4) is 0 Å². The molecule has 1 aliphatic heterocycles. The Balaban J connectivity index is 2.04. The van der Waals surface area contributed by atoms with E-state index in [2.05, 4.69) is 24.1 Å². The molecule has 1 saturated heterocycles. The third-order valence-electron chi connectivity index (χ3n) is 4.54. The Kier molecular flexibility index (Phi) is 2.89. The molecule has 3 rings (SSSR count). The van der Waals surface area contributed by atoms with Crippen molar-refractivity contribution in [1.82, 2.24) is 4.90 Å². The highest BCUT2D eigenvalue weighted by molar-refractivity contribution is 6.42. The van der Waals surface area contributed by atoms with E-state index in [1.165, 1.54) is 31.4 Å². The number of fused-ring (bicyclic) bond motifs is 1. The zero-order chi connectivity index (χ0) is 12.0. The molecule has 3 heteroatoms. The molecule has 1 unspecified atom stereocenters. The highest BCUT2D eigenvalue weighted by Crippen LogP contribution is 2.50. The molecule has 1 aromatic carbocycles. The van der Waals surface area contributed by atoms with Crippen LogP contribution in [0.15, 0.2) is 18.2 Å². The average molecular weight is 270 g/mol. The van der Waals surface area contributed by atoms with Gasteiger partial charge in [-0.2, -0.15) is 0 Å². The van der Waals surface area contributed by atoms with Crippen LogP contribution in [-0.2, 0) is 5.41 Å². The molecule has 2 aliphatic rings. The highest BCUT2D eigenvalue weighted by Gasteiger charge is 2.49. The zero-order valence-electron chi connectivity index (χ0n) is 10.0. The summed E-state index contributed by atoms with van der Waals surface area (Å²) >= 11 is 12.2. The van der Waals surface area contributed by atoms with Crippen molar-refractivity contribution in [1.29, 1.82) is 0 Å². The van der Waals surface area contributed by atoms with Crippen molar-refractivity contribution in [3.63, 3.8) is 0 Å². The lowest BCUT2D eigenvalue weighted by Crippen LogP contribution is -2.31. The van der Waals surface area contributed by atoms with Crippen LogP contribution in [0, 0.1) is 5.92 Å². The van der Waals surface area contributed by atoms with E-state index in [1.54, 1.807) is 0 Å². The van der Waals surface area contributed by atoms with Gasteiger partial charge in [-0.15, -0.1) is 0 Å². The van der Waals surface area contributed by atoms with Crippen LogP contribution in [0.3, 0.4) is 0 Å². The standard InChI is InChI=1S/C14H17Cl2N/c1-17-8-11-3-2-6-14(11,9-17)10-4-5-12(15)13(16)7-10/h4-5,7,11H,2-3,6,8-9H2,1H3/t11-,14?/m1/s1. The molecule has 92 valence electrons. The van der Waals surface area contributed by atoms with Crippen LogP contribution in [-0.4, -0.2) is 25.0 Å². The van der Waals surface area contributed by atoms with Crippen molar-refractivity contribution < 1.29 is 0 Å². The normalized spacial score (nSPS) is 33.0. The first kappa shape index (κ1) is 11.8. The molecule has 1 aromatic rings. The fourth-order valence-corrected chi connectivity index (χ4v) is 4.12. The van der Waals surface area contributed by atoms with E-state index >= 15 is 0 Å². The Labute approximate surface area is 113 Å². The maximum absolute atomic E-state index is 6.17. The Bertz CT molecular complexity index is 446. The van der Waals surface area contributed by atoms with Crippen LogP contribution in [0.2, 0.25) is 10.0 Å². The summed E-state index contributed by atoms with van der Waals surface area (Å²) in [4.78, 5) is 2.45. The fourth-order valence-electron chi connectivity index (χ4n) is 3.82. The molecule has 0 N–H and O–H groups in total. The summed E-state index contributed by atoms with van der Waals surface area (Å²) in [5.74, 6) is 0.796. The van der Waals surface area contributed by atoms with Gasteiger partial charge in [0.15, 0.2) is 0 Å². The number of likely N-dealkylation sites (N-methyl/N-ethyl adjacent to an activating group) is 1. The minimum atomic E-state index is 0.336. The first-order valence-corrected chi connectivity index (χ1v) is 7.01. The number of nitrogens with zero attached hydrogens (tertiary/aromatic N) is 1. The zero-order valence-corrected chi connectivity index (χ0v) is 11.6. The summed E-state index contributed by atoms with van der Waals surface area (Å²) in [6.45, 7) is 2.38. The molecule has 2 atom stereocenters. The van der Waals surface area contributed by atoms with Gasteiger partial charge < -0.3 is 4.90 Å². The monoisotopic (exact) mass is 269 g/mol. The van der Waals surface area contributed by atoms with E-state index in [9.17, 15) is 0 Å². The summed E-state index contributed by atoms with van der Waals surface area (Å²) < 4.78 is 0. The number of likely N-dealkylation sites (tertiary alicyclic amines) is 1. The number of hydrogen-bond donors (Lipinski definition) is 0. The van der Waals surface area contributed by atoms with E-state index in [4.69, 9.17) is 23.2 Å². The van der Waals surface area contributed by atoms with Gasteiger partial charge in [0.25, 0.3) is 0 Å². The van der Waals surface area contributed by atoms with E-state index in [-0.39, 0.29) is 0 Å². The van der Waals surface area contributed by atoms with Crippen LogP contribution in [0.4, 0.5) is 0 Å². The van der Waals surface area contributed by atoms with Crippen LogP contribution in [0.5, 0.6) is 0 Å². The molecule has 1 nitrogen and oxygen atoms in total. The quantitative estimate of drug-likeness (QED) is 0.746. The highest BCUT2D eigenvalue weighted by atomic mass is 35.5. The van der Waals surface area contributed by atoms with Crippen molar-refractivity contribution in [2.24, 2.45) is 5.92 Å². The molecule has 1 saturated carbocycles. The largest absolute Gasteiger partial charge is 0.305 e. The lowest BCUT2D eigenvalue weighted by molar-refractivity contribution is 0.360. The lowest BCUT2D eigenvalue weighted by Gasteiger charge is -2.29. The molecule has 17 heavy (non-hydrogen) atoms. The SMILES string of the molecule is CN1C[C@H]2CCCC2(c2ccc(Cl)c(Cl)c2)C1. The van der Waals surface area contributed by atoms with Crippen molar-refractivity contribution >= 4 is 23.2 Å². The van der Waals surface area contributed by atoms with Gasteiger partial charge in [-0.25, -0.2) is 0 Å². The van der Waals surface area contributed by atoms with Crippen LogP contribution < -0.4 is 0 Å². The Morgan fingerprint density at radius 3 is 2.88 bits per heavy atom. The van der Waals surface area contributed by atoms with Gasteiger partial charge in [0, 0.05) is 18.5 Å². The van der Waals surface area contributed by atoms with Crippen molar-refractivity contribution in [3.05, 3.63) is 33.8 Å². The van der Waals surface area contributed by atoms with Gasteiger partial charge in [-0.3, -0.25) is 0 Å². The van der Waals surface area contributed by atoms with Gasteiger partial charge in [0.05, 0.1) is 10.0 Å². The maximum atomic E-state index is 6.17. The molecular weight excluding hydrogens is 253 g/mol. The topological polar surface area (TPSA) is 3.24 Å². The van der Waals surface area contributed by atoms with Gasteiger partial charge in [-0.05, 0) is 43.5 Å². The lowest BCUT2D eigenvalue weighted by atomic mass is 9.75. The summed E-state index contributed by atoms with van der Waals surface area (Å²) in [5.41, 5.74) is 1.72. The minimum Gasteiger partial charge on any atom is -0.305 e. The van der Waals surface area contributed by atoms with E-state index in [0.29, 0.717) is 15.5 Å². The van der Waals surface area contributed by atoms with Crippen LogP contribution in [0.25, 0.3) is 0 Å². The second-order valence-electron chi connectivity index (χ2n) is 5.57. The Morgan fingerprint density at radius 1 is 1.29 bits per heavy atom. The second-order valence-corrected chi connectivity index (χ2v) is 6.39. The van der Waals surface area contributed by atoms with E-state index < -0.39 is 0 Å². The summed E-state index contributed by atoms with van der Waals surface area (Å²) in [7, 11) is 2.22. The van der Waals surface area contributed by atoms with Crippen LogP contribution in [0.1, 0.15) is 24.8 Å². The molecule has 1 aliphatic carbocycles. The Morgan fingerprint density at radius 2 is 2.12 bits per heavy atom. The maximum Gasteiger partial charge on any atom is 0.0595 e. The summed E-state index contributed by atoms with van der Waals surface area (Å²) in [5, 5.41) is 1.35. The summed E-state index contributed by atoms with van der Waals surface area (Å²) in [6.07, 6.45) is 3.99. The molecule has 0 radical (unpaired) electrons. The minimum absolute atomic E-state index is 0.336. The molecule has 1 heterocycles. The number of rotatable bonds is 1. The molecular formula is C14H17Cl2N. The van der Waals surface area contributed by atoms with Gasteiger partial charge >= 0.3 is 0 Å². The fraction of sp³-hybridized carbons (Fsp3) is 0.571. The van der Waals surface area contributed by atoms with E-state index in [0.717, 1.165) is 12.5 Å². The van der Waals surface area contributed by atoms with E-state index in [1.807, 2.05) is 6.07 Å². The van der Waals surface area contributed by atoms with Gasteiger partial charge in [0.2, 0.25) is 0 Å². The average Bonchev–Trinajstić information content (AvgIpc) is 2.78. The van der Waals surface area contributed by atoms with Crippen molar-refractivity contribution in [2.45, 2.75) is 24.7 Å². The van der Waals surface area contributed by atoms with Crippen LogP contribution >= 0.6 is 23.2 Å². The third-order valence-corrected chi connectivity index (χ3v) is 5.27. The van der Waals surface area contributed by atoms with Gasteiger partial charge in [0.1, 0.15) is 0 Å². The predicted octanol–water partition coefficient (Wildman–Crippen LogP) is 3.98. The molecule has 0 bridgehead atoms. The van der Waals surface area contributed by atoms with Crippen molar-refractivity contribution in [2.75, 3.05) is 20.1 Å².